The topological polar surface area (TPSA) is 80.0 Å². The lowest BCUT2D eigenvalue weighted by Crippen LogP contribution is -2.34. The highest BCUT2D eigenvalue weighted by Gasteiger charge is 2.27. The van der Waals surface area contributed by atoms with Crippen molar-refractivity contribution in [1.82, 2.24) is 14.4 Å². The van der Waals surface area contributed by atoms with Gasteiger partial charge >= 0.3 is 6.09 Å². The monoisotopic (exact) mass is 338 g/mol. The van der Waals surface area contributed by atoms with Crippen LogP contribution in [0.2, 0.25) is 0 Å². The van der Waals surface area contributed by atoms with E-state index in [-0.39, 0.29) is 0 Å². The zero-order valence-electron chi connectivity index (χ0n) is 14.1. The normalized spacial score (nSPS) is 13.8. The molecule has 4 rings (SSSR count). The minimum absolute atomic E-state index is 0.490. The number of aromatic nitrogens is 3. The van der Waals surface area contributed by atoms with Gasteiger partial charge in [-0.2, -0.15) is 0 Å². The third-order valence-electron chi connectivity index (χ3n) is 4.55. The van der Waals surface area contributed by atoms with Crippen LogP contribution in [0.5, 0.6) is 5.88 Å². The molecular formula is C18H18N4O3. The Morgan fingerprint density at radius 3 is 2.88 bits per heavy atom. The molecular weight excluding hydrogens is 320 g/mol. The first-order valence-corrected chi connectivity index (χ1v) is 8.11. The van der Waals surface area contributed by atoms with Gasteiger partial charge in [-0.1, -0.05) is 0 Å². The highest BCUT2D eigenvalue weighted by atomic mass is 16.5. The minimum atomic E-state index is -0.948. The minimum Gasteiger partial charge on any atom is -0.481 e. The Bertz CT molecular complexity index is 963. The highest BCUT2D eigenvalue weighted by molar-refractivity contribution is 5.87. The standard InChI is InChI=1S/C18H18N4O3/c1-11-8-15-20-14-4-3-7-21(18(23)24)17(14)22(15)10-13(11)12-5-6-16(25-2)19-9-12/h5-6,8-10H,3-4,7H2,1-2H3,(H,23,24). The first-order valence-electron chi connectivity index (χ1n) is 8.11. The van der Waals surface area contributed by atoms with Crippen LogP contribution in [0.3, 0.4) is 0 Å². The third kappa shape index (κ3) is 2.48. The van der Waals surface area contributed by atoms with Gasteiger partial charge in [0.1, 0.15) is 11.5 Å². The second-order valence-electron chi connectivity index (χ2n) is 6.11. The zero-order chi connectivity index (χ0) is 17.6. The number of amides is 1. The average molecular weight is 338 g/mol. The number of hydrogen-bond donors (Lipinski definition) is 1. The van der Waals surface area contributed by atoms with E-state index < -0.39 is 6.09 Å². The molecule has 128 valence electrons. The Labute approximate surface area is 144 Å². The number of aryl methyl sites for hydroxylation is 2. The lowest BCUT2D eigenvalue weighted by Gasteiger charge is -2.24. The Hall–Kier alpha value is -3.09. The van der Waals surface area contributed by atoms with Crippen molar-refractivity contribution in [1.29, 1.82) is 0 Å². The molecule has 0 aromatic carbocycles. The van der Waals surface area contributed by atoms with Crippen LogP contribution in [-0.2, 0) is 6.42 Å². The van der Waals surface area contributed by atoms with Gasteiger partial charge in [0.2, 0.25) is 5.88 Å². The summed E-state index contributed by atoms with van der Waals surface area (Å²) in [5, 5.41) is 9.52. The first-order chi connectivity index (χ1) is 12.1. The van der Waals surface area contributed by atoms with Crippen molar-refractivity contribution in [2.75, 3.05) is 18.6 Å². The van der Waals surface area contributed by atoms with Crippen molar-refractivity contribution < 1.29 is 14.6 Å². The van der Waals surface area contributed by atoms with Crippen LogP contribution in [0.15, 0.2) is 30.6 Å². The van der Waals surface area contributed by atoms with Gasteiger partial charge in [-0.15, -0.1) is 0 Å². The number of methoxy groups -OCH3 is 1. The van der Waals surface area contributed by atoms with Gasteiger partial charge in [-0.3, -0.25) is 9.30 Å². The number of fused-ring (bicyclic) bond motifs is 3. The fraction of sp³-hybridized carbons (Fsp3) is 0.278. The summed E-state index contributed by atoms with van der Waals surface area (Å²) >= 11 is 0. The molecule has 4 heterocycles. The van der Waals surface area contributed by atoms with Gasteiger partial charge in [0.15, 0.2) is 0 Å². The first kappa shape index (κ1) is 15.4. The molecule has 0 atom stereocenters. The lowest BCUT2D eigenvalue weighted by atomic mass is 10.0. The van der Waals surface area contributed by atoms with E-state index in [0.717, 1.165) is 40.9 Å². The molecule has 25 heavy (non-hydrogen) atoms. The maximum absolute atomic E-state index is 11.6. The van der Waals surface area contributed by atoms with Crippen LogP contribution in [0.25, 0.3) is 16.8 Å². The Balaban J connectivity index is 1.90. The van der Waals surface area contributed by atoms with Crippen molar-refractivity contribution in [3.63, 3.8) is 0 Å². The SMILES string of the molecule is COc1ccc(-c2cn3c4c(nc3cc2C)CCCN4C(=O)O)cn1. The van der Waals surface area contributed by atoms with Gasteiger partial charge in [-0.05, 0) is 37.5 Å². The van der Waals surface area contributed by atoms with Crippen LogP contribution < -0.4 is 9.64 Å². The van der Waals surface area contributed by atoms with Gasteiger partial charge in [0.25, 0.3) is 0 Å². The molecule has 0 aliphatic carbocycles. The summed E-state index contributed by atoms with van der Waals surface area (Å²) in [6.07, 6.45) is 4.33. The molecule has 0 fully saturated rings. The number of carboxylic acid groups (broad SMARTS) is 1. The van der Waals surface area contributed by atoms with E-state index in [1.165, 1.54) is 4.90 Å². The summed E-state index contributed by atoms with van der Waals surface area (Å²) in [5.41, 5.74) is 4.58. The molecule has 7 heteroatoms. The van der Waals surface area contributed by atoms with Crippen molar-refractivity contribution in [3.05, 3.63) is 41.9 Å². The third-order valence-corrected chi connectivity index (χ3v) is 4.55. The van der Waals surface area contributed by atoms with Gasteiger partial charge < -0.3 is 9.84 Å². The van der Waals surface area contributed by atoms with E-state index in [4.69, 9.17) is 4.74 Å². The summed E-state index contributed by atoms with van der Waals surface area (Å²) in [6.45, 7) is 2.51. The number of pyridine rings is 2. The number of rotatable bonds is 2. The quantitative estimate of drug-likeness (QED) is 0.776. The smallest absolute Gasteiger partial charge is 0.413 e. The van der Waals surface area contributed by atoms with Crippen LogP contribution in [0.1, 0.15) is 17.7 Å². The number of imidazole rings is 1. The summed E-state index contributed by atoms with van der Waals surface area (Å²) in [5.74, 6) is 1.20. The van der Waals surface area contributed by atoms with Crippen LogP contribution >= 0.6 is 0 Å². The van der Waals surface area contributed by atoms with Crippen molar-refractivity contribution in [2.24, 2.45) is 0 Å². The molecule has 1 amide bonds. The molecule has 0 unspecified atom stereocenters. The Kier molecular flexibility index (Phi) is 3.56. The average Bonchev–Trinajstić information content (AvgIpc) is 2.98. The van der Waals surface area contributed by atoms with E-state index in [1.54, 1.807) is 13.3 Å². The van der Waals surface area contributed by atoms with Gasteiger partial charge in [-0.25, -0.2) is 14.8 Å². The second kappa shape index (κ2) is 5.77. The molecule has 0 saturated heterocycles. The van der Waals surface area contributed by atoms with E-state index in [1.807, 2.05) is 35.7 Å². The van der Waals surface area contributed by atoms with E-state index >= 15 is 0 Å². The molecule has 0 bridgehead atoms. The fourth-order valence-corrected chi connectivity index (χ4v) is 3.33. The molecule has 0 saturated carbocycles. The molecule has 1 N–H and O–H groups in total. The molecule has 0 spiro atoms. The summed E-state index contributed by atoms with van der Waals surface area (Å²) in [7, 11) is 1.58. The largest absolute Gasteiger partial charge is 0.481 e. The molecule has 7 nitrogen and oxygen atoms in total. The molecule has 0 radical (unpaired) electrons. The molecule has 3 aromatic rings. The maximum atomic E-state index is 11.6. The maximum Gasteiger partial charge on any atom is 0.413 e. The van der Waals surface area contributed by atoms with Gasteiger partial charge in [0.05, 0.1) is 12.8 Å². The molecule has 3 aromatic heterocycles. The number of anilines is 1. The van der Waals surface area contributed by atoms with Crippen molar-refractivity contribution in [2.45, 2.75) is 19.8 Å². The van der Waals surface area contributed by atoms with Crippen molar-refractivity contribution >= 4 is 17.6 Å². The van der Waals surface area contributed by atoms with Crippen LogP contribution in [0, 0.1) is 6.92 Å². The van der Waals surface area contributed by atoms with E-state index in [0.29, 0.717) is 18.2 Å². The van der Waals surface area contributed by atoms with Crippen LogP contribution in [-0.4, -0.2) is 39.2 Å². The predicted molar refractivity (Wildman–Crippen MR) is 93.4 cm³/mol. The molecule has 1 aliphatic rings. The Morgan fingerprint density at radius 2 is 2.20 bits per heavy atom. The van der Waals surface area contributed by atoms with E-state index in [9.17, 15) is 9.90 Å². The summed E-state index contributed by atoms with van der Waals surface area (Å²) < 4.78 is 6.98. The van der Waals surface area contributed by atoms with Crippen LogP contribution in [0.4, 0.5) is 10.6 Å². The number of ether oxygens (including phenoxy) is 1. The number of hydrogen-bond acceptors (Lipinski definition) is 4. The molecule has 1 aliphatic heterocycles. The second-order valence-corrected chi connectivity index (χ2v) is 6.11. The number of carbonyl (C=O) groups is 1. The fourth-order valence-electron chi connectivity index (χ4n) is 3.33. The highest BCUT2D eigenvalue weighted by Crippen LogP contribution is 2.32. The summed E-state index contributed by atoms with van der Waals surface area (Å²) in [6, 6.07) is 5.74. The Morgan fingerprint density at radius 1 is 1.36 bits per heavy atom. The predicted octanol–water partition coefficient (Wildman–Crippen LogP) is 3.14. The van der Waals surface area contributed by atoms with Gasteiger partial charge in [0, 0.05) is 36.1 Å². The lowest BCUT2D eigenvalue weighted by molar-refractivity contribution is 0.201. The van der Waals surface area contributed by atoms with Crippen molar-refractivity contribution in [3.8, 4) is 17.0 Å². The van der Waals surface area contributed by atoms with E-state index in [2.05, 4.69) is 9.97 Å². The zero-order valence-corrected chi connectivity index (χ0v) is 14.1. The summed E-state index contributed by atoms with van der Waals surface area (Å²) in [4.78, 5) is 21.9. The number of nitrogens with zero attached hydrogens (tertiary/aromatic N) is 4.